The van der Waals surface area contributed by atoms with Gasteiger partial charge in [-0.15, -0.1) is 0 Å². The summed E-state index contributed by atoms with van der Waals surface area (Å²) in [5, 5.41) is 5.18. The van der Waals surface area contributed by atoms with Crippen molar-refractivity contribution < 1.29 is 9.53 Å². The van der Waals surface area contributed by atoms with E-state index in [9.17, 15) is 4.79 Å². The number of carbonyl (C=O) groups excluding carboxylic acids is 1. The van der Waals surface area contributed by atoms with E-state index in [1.54, 1.807) is 12.1 Å². The van der Waals surface area contributed by atoms with E-state index in [1.807, 2.05) is 11.9 Å². The van der Waals surface area contributed by atoms with Gasteiger partial charge in [0.1, 0.15) is 11.0 Å². The highest BCUT2D eigenvalue weighted by molar-refractivity contribution is 6.29. The number of aromatic nitrogens is 1. The Kier molecular flexibility index (Phi) is 4.95. The average molecular weight is 285 g/mol. The molecular formula is C12H17ClN4O2. The molecule has 0 aliphatic carbocycles. The van der Waals surface area contributed by atoms with Crippen LogP contribution in [0.1, 0.15) is 17.3 Å². The summed E-state index contributed by atoms with van der Waals surface area (Å²) in [4.78, 5) is 16.2. The van der Waals surface area contributed by atoms with E-state index in [1.165, 1.54) is 0 Å². The number of amides is 1. The lowest BCUT2D eigenvalue weighted by atomic mass is 10.2. The van der Waals surface area contributed by atoms with Crippen LogP contribution in [0.3, 0.4) is 0 Å². The van der Waals surface area contributed by atoms with Crippen LogP contribution in [0.4, 0.5) is 5.82 Å². The highest BCUT2D eigenvalue weighted by atomic mass is 35.5. The number of morpholine rings is 1. The molecule has 1 fully saturated rings. The maximum absolute atomic E-state index is 12.1. The zero-order valence-corrected chi connectivity index (χ0v) is 11.5. The van der Waals surface area contributed by atoms with Gasteiger partial charge in [0.15, 0.2) is 0 Å². The highest BCUT2D eigenvalue weighted by Gasteiger charge is 2.15. The fraction of sp³-hybridized carbons (Fsp3) is 0.500. The van der Waals surface area contributed by atoms with Gasteiger partial charge in [0, 0.05) is 25.2 Å². The van der Waals surface area contributed by atoms with Crippen molar-refractivity contribution in [2.45, 2.75) is 6.92 Å². The molecule has 0 spiro atoms. The molecule has 1 aromatic heterocycles. The molecule has 2 heterocycles. The standard InChI is InChI=1S/C12H17ClN4O2/c1-2-14-11-8-9(7-10(13)15-11)12(18)16-17-3-5-19-6-4-17/h7-8H,2-6H2,1H3,(H,14,15)(H,16,18). The number of nitrogens with one attached hydrogen (secondary N) is 2. The Labute approximate surface area is 117 Å². The first-order chi connectivity index (χ1) is 9.19. The lowest BCUT2D eigenvalue weighted by Crippen LogP contribution is -2.48. The summed E-state index contributed by atoms with van der Waals surface area (Å²) >= 11 is 5.91. The Balaban J connectivity index is 2.05. The van der Waals surface area contributed by atoms with E-state index in [4.69, 9.17) is 16.3 Å². The lowest BCUT2D eigenvalue weighted by Gasteiger charge is -2.26. The van der Waals surface area contributed by atoms with Crippen LogP contribution >= 0.6 is 11.6 Å². The number of halogens is 1. The number of pyridine rings is 1. The van der Waals surface area contributed by atoms with Crippen LogP contribution in [0.25, 0.3) is 0 Å². The molecule has 0 radical (unpaired) electrons. The Morgan fingerprint density at radius 1 is 1.47 bits per heavy atom. The van der Waals surface area contributed by atoms with Gasteiger partial charge >= 0.3 is 0 Å². The van der Waals surface area contributed by atoms with Gasteiger partial charge in [0.05, 0.1) is 13.2 Å². The fourth-order valence-corrected chi connectivity index (χ4v) is 1.99. The van der Waals surface area contributed by atoms with Crippen molar-refractivity contribution in [3.63, 3.8) is 0 Å². The van der Waals surface area contributed by atoms with Crippen molar-refractivity contribution in [3.8, 4) is 0 Å². The van der Waals surface area contributed by atoms with Crippen molar-refractivity contribution in [3.05, 3.63) is 22.8 Å². The van der Waals surface area contributed by atoms with Gasteiger partial charge in [0.2, 0.25) is 0 Å². The topological polar surface area (TPSA) is 66.5 Å². The monoisotopic (exact) mass is 284 g/mol. The molecular weight excluding hydrogens is 268 g/mol. The number of carbonyl (C=O) groups is 1. The second kappa shape index (κ2) is 6.70. The van der Waals surface area contributed by atoms with Crippen LogP contribution in [-0.2, 0) is 4.74 Å². The molecule has 104 valence electrons. The van der Waals surface area contributed by atoms with Crippen LogP contribution in [0.15, 0.2) is 12.1 Å². The summed E-state index contributed by atoms with van der Waals surface area (Å²) in [6.07, 6.45) is 0. The molecule has 0 bridgehead atoms. The molecule has 0 atom stereocenters. The summed E-state index contributed by atoms with van der Waals surface area (Å²) in [5.74, 6) is 0.410. The average Bonchev–Trinajstić information content (AvgIpc) is 2.39. The Morgan fingerprint density at radius 2 is 2.21 bits per heavy atom. The van der Waals surface area contributed by atoms with Crippen LogP contribution in [-0.4, -0.2) is 48.7 Å². The minimum Gasteiger partial charge on any atom is -0.379 e. The normalized spacial score (nSPS) is 16.1. The second-order valence-electron chi connectivity index (χ2n) is 4.13. The Bertz CT molecular complexity index is 449. The van der Waals surface area contributed by atoms with Gasteiger partial charge in [-0.05, 0) is 19.1 Å². The fourth-order valence-electron chi connectivity index (χ4n) is 1.78. The minimum absolute atomic E-state index is 0.189. The van der Waals surface area contributed by atoms with E-state index in [0.29, 0.717) is 42.8 Å². The van der Waals surface area contributed by atoms with Gasteiger partial charge in [-0.1, -0.05) is 11.6 Å². The number of rotatable bonds is 4. The lowest BCUT2D eigenvalue weighted by molar-refractivity contribution is 0.0126. The smallest absolute Gasteiger partial charge is 0.265 e. The van der Waals surface area contributed by atoms with E-state index >= 15 is 0 Å². The van der Waals surface area contributed by atoms with Crippen LogP contribution in [0.5, 0.6) is 0 Å². The molecule has 1 saturated heterocycles. The first-order valence-electron chi connectivity index (χ1n) is 6.24. The third kappa shape index (κ3) is 4.05. The third-order valence-corrected chi connectivity index (χ3v) is 2.88. The van der Waals surface area contributed by atoms with E-state index < -0.39 is 0 Å². The van der Waals surface area contributed by atoms with E-state index in [0.717, 1.165) is 6.54 Å². The first-order valence-corrected chi connectivity index (χ1v) is 6.62. The van der Waals surface area contributed by atoms with Crippen LogP contribution in [0.2, 0.25) is 5.15 Å². The second-order valence-corrected chi connectivity index (χ2v) is 4.52. The summed E-state index contributed by atoms with van der Waals surface area (Å²) in [6.45, 7) is 5.29. The van der Waals surface area contributed by atoms with Crippen molar-refractivity contribution in [1.29, 1.82) is 0 Å². The minimum atomic E-state index is -0.189. The van der Waals surface area contributed by atoms with E-state index in [2.05, 4.69) is 15.7 Å². The largest absolute Gasteiger partial charge is 0.379 e. The molecule has 2 N–H and O–H groups in total. The Hall–Kier alpha value is -1.37. The van der Waals surface area contributed by atoms with Crippen molar-refractivity contribution in [1.82, 2.24) is 15.4 Å². The molecule has 6 nitrogen and oxygen atoms in total. The number of ether oxygens (including phenoxy) is 1. The molecule has 2 rings (SSSR count). The van der Waals surface area contributed by atoms with Gasteiger partial charge < -0.3 is 10.1 Å². The molecule has 0 saturated carbocycles. The SMILES string of the molecule is CCNc1cc(C(=O)NN2CCOCC2)cc(Cl)n1. The summed E-state index contributed by atoms with van der Waals surface area (Å²) in [7, 11) is 0. The predicted octanol–water partition coefficient (Wildman–Crippen LogP) is 1.14. The van der Waals surface area contributed by atoms with Gasteiger partial charge in [0.25, 0.3) is 5.91 Å². The van der Waals surface area contributed by atoms with Gasteiger partial charge in [-0.2, -0.15) is 0 Å². The Morgan fingerprint density at radius 3 is 2.89 bits per heavy atom. The van der Waals surface area contributed by atoms with Crippen molar-refractivity contribution in [2.75, 3.05) is 38.2 Å². The van der Waals surface area contributed by atoms with Gasteiger partial charge in [-0.3, -0.25) is 10.2 Å². The molecule has 7 heteroatoms. The summed E-state index contributed by atoms with van der Waals surface area (Å²) in [5.41, 5.74) is 3.32. The molecule has 1 aliphatic heterocycles. The number of hydrazine groups is 1. The third-order valence-electron chi connectivity index (χ3n) is 2.68. The van der Waals surface area contributed by atoms with Crippen LogP contribution < -0.4 is 10.7 Å². The van der Waals surface area contributed by atoms with Crippen LogP contribution in [0, 0.1) is 0 Å². The van der Waals surface area contributed by atoms with Crippen molar-refractivity contribution in [2.24, 2.45) is 0 Å². The zero-order chi connectivity index (χ0) is 13.7. The van der Waals surface area contributed by atoms with Gasteiger partial charge in [-0.25, -0.2) is 9.99 Å². The molecule has 1 amide bonds. The number of hydrogen-bond acceptors (Lipinski definition) is 5. The maximum atomic E-state index is 12.1. The van der Waals surface area contributed by atoms with E-state index in [-0.39, 0.29) is 5.91 Å². The number of hydrogen-bond donors (Lipinski definition) is 2. The maximum Gasteiger partial charge on any atom is 0.265 e. The summed E-state index contributed by atoms with van der Waals surface area (Å²) in [6, 6.07) is 3.24. The molecule has 1 aliphatic rings. The predicted molar refractivity (Wildman–Crippen MR) is 73.3 cm³/mol. The highest BCUT2D eigenvalue weighted by Crippen LogP contribution is 2.14. The zero-order valence-electron chi connectivity index (χ0n) is 10.8. The molecule has 0 aromatic carbocycles. The van der Waals surface area contributed by atoms with Crippen molar-refractivity contribution >= 4 is 23.3 Å². The molecule has 1 aromatic rings. The quantitative estimate of drug-likeness (QED) is 0.812. The number of nitrogens with zero attached hydrogens (tertiary/aromatic N) is 2. The summed E-state index contributed by atoms with van der Waals surface area (Å²) < 4.78 is 5.22. The first kappa shape index (κ1) is 14.0. The number of anilines is 1. The molecule has 19 heavy (non-hydrogen) atoms. The molecule has 0 unspecified atom stereocenters.